The van der Waals surface area contributed by atoms with Gasteiger partial charge in [-0.15, -0.1) is 34.2 Å². The Morgan fingerprint density at radius 3 is 2.97 bits per heavy atom. The Labute approximate surface area is 212 Å². The number of aliphatic imine (C=N–C) groups is 1. The highest BCUT2D eigenvalue weighted by Gasteiger charge is 2.18. The van der Waals surface area contributed by atoms with E-state index in [-0.39, 0.29) is 30.1 Å². The number of hydrogen-bond donors (Lipinski definition) is 2. The maximum Gasteiger partial charge on any atom is 0.191 e. The first-order valence-electron chi connectivity index (χ1n) is 11.4. The van der Waals surface area contributed by atoms with Gasteiger partial charge in [0.2, 0.25) is 0 Å². The van der Waals surface area contributed by atoms with Crippen LogP contribution in [-0.2, 0) is 17.7 Å². The smallest absolute Gasteiger partial charge is 0.191 e. The van der Waals surface area contributed by atoms with Gasteiger partial charge < -0.3 is 20.1 Å². The summed E-state index contributed by atoms with van der Waals surface area (Å²) in [5.41, 5.74) is 3.14. The van der Waals surface area contributed by atoms with E-state index in [1.165, 1.54) is 5.56 Å². The zero-order valence-corrected chi connectivity index (χ0v) is 21.6. The van der Waals surface area contributed by atoms with E-state index in [4.69, 9.17) is 14.5 Å². The Balaban J connectivity index is 0.00000306. The summed E-state index contributed by atoms with van der Waals surface area (Å²) in [5, 5.41) is 15.3. The third kappa shape index (κ3) is 7.04. The molecule has 1 aliphatic rings. The maximum absolute atomic E-state index is 6.20. The van der Waals surface area contributed by atoms with E-state index < -0.39 is 0 Å². The van der Waals surface area contributed by atoms with Crippen molar-refractivity contribution in [3.63, 3.8) is 0 Å². The molecule has 9 heteroatoms. The quantitative estimate of drug-likeness (QED) is 0.179. The molecule has 1 aliphatic heterocycles. The molecule has 1 atom stereocenters. The Bertz CT molecular complexity index is 1050. The Hall–Kier alpha value is -2.40. The van der Waals surface area contributed by atoms with Crippen LogP contribution in [-0.4, -0.2) is 53.0 Å². The van der Waals surface area contributed by atoms with E-state index in [1.54, 1.807) is 0 Å². The van der Waals surface area contributed by atoms with Gasteiger partial charge in [0.15, 0.2) is 11.6 Å². The lowest BCUT2D eigenvalue weighted by molar-refractivity contribution is 0.140. The number of hydrogen-bond acceptors (Lipinski definition) is 5. The second-order valence-electron chi connectivity index (χ2n) is 7.99. The number of ether oxygens (including phenoxy) is 2. The molecular formula is C24H33IN6O2. The van der Waals surface area contributed by atoms with Gasteiger partial charge in [0.1, 0.15) is 17.7 Å². The Morgan fingerprint density at radius 2 is 2.15 bits per heavy atom. The summed E-state index contributed by atoms with van der Waals surface area (Å²) in [6, 6.07) is 12.2. The molecule has 0 spiro atoms. The number of aromatic nitrogens is 3. The molecule has 1 saturated heterocycles. The number of benzene rings is 1. The number of aryl methyl sites for hydroxylation is 2. The Morgan fingerprint density at radius 1 is 1.24 bits per heavy atom. The van der Waals surface area contributed by atoms with Crippen molar-refractivity contribution in [3.8, 4) is 5.75 Å². The van der Waals surface area contributed by atoms with E-state index in [1.807, 2.05) is 28.8 Å². The van der Waals surface area contributed by atoms with Crippen LogP contribution in [0.3, 0.4) is 0 Å². The van der Waals surface area contributed by atoms with Gasteiger partial charge >= 0.3 is 0 Å². The SMILES string of the molecule is CCNC(=NCc1ccc(C)cc1OC1CCOC1)NCCCc1nnc2ccccn12.I. The molecule has 0 bridgehead atoms. The van der Waals surface area contributed by atoms with Crippen LogP contribution in [0.2, 0.25) is 0 Å². The summed E-state index contributed by atoms with van der Waals surface area (Å²) < 4.78 is 13.7. The van der Waals surface area contributed by atoms with Crippen LogP contribution in [0.15, 0.2) is 47.6 Å². The molecule has 8 nitrogen and oxygen atoms in total. The highest BCUT2D eigenvalue weighted by molar-refractivity contribution is 14.0. The summed E-state index contributed by atoms with van der Waals surface area (Å²) >= 11 is 0. The fourth-order valence-corrected chi connectivity index (χ4v) is 3.71. The molecule has 1 fully saturated rings. The molecule has 3 heterocycles. The Kier molecular flexibility index (Phi) is 9.74. The summed E-state index contributed by atoms with van der Waals surface area (Å²) in [6.07, 6.45) is 4.83. The van der Waals surface area contributed by atoms with Gasteiger partial charge in [0.05, 0.1) is 19.8 Å². The van der Waals surface area contributed by atoms with Gasteiger partial charge in [-0.1, -0.05) is 18.2 Å². The molecular weight excluding hydrogens is 531 g/mol. The summed E-state index contributed by atoms with van der Waals surface area (Å²) in [7, 11) is 0. The average Bonchev–Trinajstić information content (AvgIpc) is 3.46. The number of nitrogens with one attached hydrogen (secondary N) is 2. The number of pyridine rings is 1. The van der Waals surface area contributed by atoms with Crippen molar-refractivity contribution < 1.29 is 9.47 Å². The highest BCUT2D eigenvalue weighted by atomic mass is 127. The summed E-state index contributed by atoms with van der Waals surface area (Å²) in [4.78, 5) is 4.78. The molecule has 0 aliphatic carbocycles. The normalized spacial score (nSPS) is 15.9. The number of guanidine groups is 1. The lowest BCUT2D eigenvalue weighted by Gasteiger charge is -2.16. The van der Waals surface area contributed by atoms with E-state index in [2.05, 4.69) is 52.9 Å². The van der Waals surface area contributed by atoms with Gasteiger partial charge in [-0.3, -0.25) is 4.40 Å². The molecule has 178 valence electrons. The molecule has 33 heavy (non-hydrogen) atoms. The average molecular weight is 564 g/mol. The van der Waals surface area contributed by atoms with Gasteiger partial charge in [0, 0.05) is 37.7 Å². The molecule has 1 unspecified atom stereocenters. The van der Waals surface area contributed by atoms with Crippen molar-refractivity contribution >= 4 is 35.6 Å². The van der Waals surface area contributed by atoms with Gasteiger partial charge in [-0.25, -0.2) is 4.99 Å². The van der Waals surface area contributed by atoms with Crippen molar-refractivity contribution in [1.82, 2.24) is 25.2 Å². The van der Waals surface area contributed by atoms with Crippen LogP contribution in [0.5, 0.6) is 5.75 Å². The fourth-order valence-electron chi connectivity index (χ4n) is 3.71. The molecule has 3 aromatic rings. The topological polar surface area (TPSA) is 85.1 Å². The molecule has 0 amide bonds. The number of rotatable bonds is 9. The molecule has 0 saturated carbocycles. The zero-order valence-electron chi connectivity index (χ0n) is 19.3. The standard InChI is InChI=1S/C24H32N6O2.HI/c1-3-25-24(26-12-6-8-23-29-28-22-7-4-5-13-30(22)23)27-16-19-10-9-18(2)15-21(19)32-20-11-14-31-17-20;/h4-5,7,9-10,13,15,20H,3,6,8,11-12,14,16-17H2,1-2H3,(H2,25,26,27);1H. The molecule has 1 aromatic carbocycles. The zero-order chi connectivity index (χ0) is 22.2. The van der Waals surface area contributed by atoms with Crippen molar-refractivity contribution in [2.24, 2.45) is 4.99 Å². The van der Waals surface area contributed by atoms with Crippen LogP contribution in [0.4, 0.5) is 0 Å². The number of halogens is 1. The monoisotopic (exact) mass is 564 g/mol. The first-order valence-corrected chi connectivity index (χ1v) is 11.4. The van der Waals surface area contributed by atoms with Crippen molar-refractivity contribution in [3.05, 3.63) is 59.5 Å². The van der Waals surface area contributed by atoms with Crippen LogP contribution in [0.1, 0.15) is 36.7 Å². The lowest BCUT2D eigenvalue weighted by atomic mass is 10.1. The number of fused-ring (bicyclic) bond motifs is 1. The van der Waals surface area contributed by atoms with Gasteiger partial charge in [-0.2, -0.15) is 0 Å². The first-order chi connectivity index (χ1) is 15.7. The van der Waals surface area contributed by atoms with Crippen LogP contribution >= 0.6 is 24.0 Å². The predicted molar refractivity (Wildman–Crippen MR) is 141 cm³/mol. The van der Waals surface area contributed by atoms with E-state index in [0.717, 1.165) is 67.7 Å². The molecule has 2 aromatic heterocycles. The highest BCUT2D eigenvalue weighted by Crippen LogP contribution is 2.24. The van der Waals surface area contributed by atoms with Crippen LogP contribution in [0, 0.1) is 6.92 Å². The van der Waals surface area contributed by atoms with Crippen molar-refractivity contribution in [2.45, 2.75) is 45.8 Å². The molecule has 0 radical (unpaired) electrons. The van der Waals surface area contributed by atoms with Crippen LogP contribution in [0.25, 0.3) is 5.65 Å². The second-order valence-corrected chi connectivity index (χ2v) is 7.99. The largest absolute Gasteiger partial charge is 0.488 e. The molecule has 2 N–H and O–H groups in total. The summed E-state index contributed by atoms with van der Waals surface area (Å²) in [6.45, 7) is 7.72. The minimum absolute atomic E-state index is 0. The minimum Gasteiger partial charge on any atom is -0.488 e. The lowest BCUT2D eigenvalue weighted by Crippen LogP contribution is -2.37. The third-order valence-corrected chi connectivity index (χ3v) is 5.41. The van der Waals surface area contributed by atoms with E-state index >= 15 is 0 Å². The first kappa shape index (κ1) is 25.2. The second kappa shape index (κ2) is 12.7. The molecule has 4 rings (SSSR count). The third-order valence-electron chi connectivity index (χ3n) is 5.41. The van der Waals surface area contributed by atoms with Gasteiger partial charge in [-0.05, 0) is 44.0 Å². The minimum atomic E-state index is 0. The van der Waals surface area contributed by atoms with Crippen molar-refractivity contribution in [2.75, 3.05) is 26.3 Å². The maximum atomic E-state index is 6.20. The predicted octanol–water partition coefficient (Wildman–Crippen LogP) is 3.51. The fraction of sp³-hybridized carbons (Fsp3) is 0.458. The summed E-state index contributed by atoms with van der Waals surface area (Å²) in [5.74, 6) is 2.68. The van der Waals surface area contributed by atoms with E-state index in [0.29, 0.717) is 13.2 Å². The van der Waals surface area contributed by atoms with Crippen LogP contribution < -0.4 is 15.4 Å². The van der Waals surface area contributed by atoms with Crippen molar-refractivity contribution in [1.29, 1.82) is 0 Å². The van der Waals surface area contributed by atoms with Gasteiger partial charge in [0.25, 0.3) is 0 Å². The van der Waals surface area contributed by atoms with E-state index in [9.17, 15) is 0 Å². The number of nitrogens with zero attached hydrogens (tertiary/aromatic N) is 4.